The van der Waals surface area contributed by atoms with Crippen molar-refractivity contribution in [2.24, 2.45) is 5.92 Å². The van der Waals surface area contributed by atoms with Gasteiger partial charge < -0.3 is 5.11 Å². The number of hydrogen-bond acceptors (Lipinski definition) is 2. The quantitative estimate of drug-likeness (QED) is 0.913. The number of hydrogen-bond donors (Lipinski definition) is 1. The second-order valence-electron chi connectivity index (χ2n) is 6.11. The average Bonchev–Trinajstić information content (AvgIpc) is 2.38. The van der Waals surface area contributed by atoms with Gasteiger partial charge in [0.05, 0.1) is 0 Å². The largest absolute Gasteiger partial charge is 0.481 e. The van der Waals surface area contributed by atoms with Crippen molar-refractivity contribution < 1.29 is 9.90 Å². The monoisotopic (exact) mass is 275 g/mol. The lowest BCUT2D eigenvalue weighted by molar-refractivity contribution is -0.138. The summed E-state index contributed by atoms with van der Waals surface area (Å²) in [5, 5.41) is 8.87. The van der Waals surface area contributed by atoms with E-state index in [1.54, 1.807) is 0 Å². The minimum atomic E-state index is -0.661. The van der Waals surface area contributed by atoms with Crippen molar-refractivity contribution in [1.29, 1.82) is 0 Å². The average molecular weight is 275 g/mol. The first-order chi connectivity index (χ1) is 9.47. The number of nitrogens with zero attached hydrogens (tertiary/aromatic N) is 1. The Morgan fingerprint density at radius 2 is 2.00 bits per heavy atom. The molecule has 3 nitrogen and oxygen atoms in total. The molecule has 1 saturated heterocycles. The maximum Gasteiger partial charge on any atom is 0.303 e. The Morgan fingerprint density at radius 1 is 1.35 bits per heavy atom. The van der Waals surface area contributed by atoms with Crippen molar-refractivity contribution >= 4 is 5.97 Å². The first kappa shape index (κ1) is 15.0. The van der Waals surface area contributed by atoms with Gasteiger partial charge in [0, 0.05) is 12.5 Å². The Labute approximate surface area is 121 Å². The fraction of sp³-hybridized carbons (Fsp3) is 0.588. The highest BCUT2D eigenvalue weighted by molar-refractivity contribution is 5.67. The molecule has 1 N–H and O–H groups in total. The number of benzene rings is 1. The van der Waals surface area contributed by atoms with Crippen LogP contribution >= 0.6 is 0 Å². The first-order valence-corrected chi connectivity index (χ1v) is 7.50. The van der Waals surface area contributed by atoms with Crippen LogP contribution < -0.4 is 0 Å². The van der Waals surface area contributed by atoms with E-state index in [-0.39, 0.29) is 0 Å². The Morgan fingerprint density at radius 3 is 2.55 bits per heavy atom. The van der Waals surface area contributed by atoms with Crippen molar-refractivity contribution in [2.45, 2.75) is 46.1 Å². The van der Waals surface area contributed by atoms with Crippen molar-refractivity contribution in [2.75, 3.05) is 13.1 Å². The van der Waals surface area contributed by atoms with Gasteiger partial charge in [0.1, 0.15) is 0 Å². The lowest BCUT2D eigenvalue weighted by Gasteiger charge is -2.36. The molecular weight excluding hydrogens is 250 g/mol. The molecule has 1 atom stereocenters. The van der Waals surface area contributed by atoms with Gasteiger partial charge in [-0.05, 0) is 63.7 Å². The molecule has 1 aliphatic heterocycles. The fourth-order valence-corrected chi connectivity index (χ4v) is 3.28. The summed E-state index contributed by atoms with van der Waals surface area (Å²) in [6.45, 7) is 8.57. The summed E-state index contributed by atoms with van der Waals surface area (Å²) >= 11 is 0. The van der Waals surface area contributed by atoms with Gasteiger partial charge in [-0.15, -0.1) is 0 Å². The number of piperidine rings is 1. The third-order valence-corrected chi connectivity index (χ3v) is 4.54. The molecule has 2 rings (SSSR count). The molecule has 1 aromatic carbocycles. The van der Waals surface area contributed by atoms with E-state index < -0.39 is 5.97 Å². The lowest BCUT2D eigenvalue weighted by atomic mass is 9.91. The highest BCUT2D eigenvalue weighted by Gasteiger charge is 2.25. The highest BCUT2D eigenvalue weighted by Crippen LogP contribution is 2.29. The van der Waals surface area contributed by atoms with Crippen LogP contribution in [0, 0.1) is 19.8 Å². The summed E-state index contributed by atoms with van der Waals surface area (Å²) in [6.07, 6.45) is 2.33. The normalized spacial score (nSPS) is 18.9. The molecule has 1 heterocycles. The molecule has 1 unspecified atom stereocenters. The summed E-state index contributed by atoms with van der Waals surface area (Å²) < 4.78 is 0. The van der Waals surface area contributed by atoms with Crippen molar-refractivity contribution in [3.63, 3.8) is 0 Å². The molecule has 1 aliphatic rings. The van der Waals surface area contributed by atoms with E-state index in [2.05, 4.69) is 43.9 Å². The third-order valence-electron chi connectivity index (χ3n) is 4.54. The lowest BCUT2D eigenvalue weighted by Crippen LogP contribution is -2.36. The maximum atomic E-state index is 10.8. The molecule has 0 aromatic heterocycles. The number of aryl methyl sites for hydroxylation is 2. The summed E-state index contributed by atoms with van der Waals surface area (Å²) in [4.78, 5) is 13.2. The highest BCUT2D eigenvalue weighted by atomic mass is 16.4. The zero-order valence-electron chi connectivity index (χ0n) is 12.7. The molecule has 0 amide bonds. The number of carbonyl (C=O) groups is 1. The van der Waals surface area contributed by atoms with E-state index >= 15 is 0 Å². The van der Waals surface area contributed by atoms with Crippen LogP contribution in [0.4, 0.5) is 0 Å². The first-order valence-electron chi connectivity index (χ1n) is 7.50. The van der Waals surface area contributed by atoms with Crippen LogP contribution in [0.5, 0.6) is 0 Å². The van der Waals surface area contributed by atoms with E-state index in [0.29, 0.717) is 18.4 Å². The van der Waals surface area contributed by atoms with Crippen LogP contribution in [0.1, 0.15) is 48.9 Å². The molecule has 0 aliphatic carbocycles. The fourth-order valence-electron chi connectivity index (χ4n) is 3.28. The summed E-state index contributed by atoms with van der Waals surface area (Å²) in [5.74, 6) is -0.305. The third kappa shape index (κ3) is 3.60. The number of aliphatic carboxylic acids is 1. The summed E-state index contributed by atoms with van der Waals surface area (Å²) in [6, 6.07) is 7.07. The van der Waals surface area contributed by atoms with E-state index in [4.69, 9.17) is 5.11 Å². The van der Waals surface area contributed by atoms with Gasteiger partial charge in [0.15, 0.2) is 0 Å². The summed E-state index contributed by atoms with van der Waals surface area (Å²) in [7, 11) is 0. The zero-order valence-corrected chi connectivity index (χ0v) is 12.7. The van der Waals surface area contributed by atoms with Gasteiger partial charge in [0.2, 0.25) is 0 Å². The standard InChI is InChI=1S/C17H25NO2/c1-12-4-5-16(13(2)10-12)14(3)18-8-6-15(7-9-18)11-17(19)20/h4-5,10,14-15H,6-9,11H2,1-3H3,(H,19,20). The molecule has 20 heavy (non-hydrogen) atoms. The Balaban J connectivity index is 1.97. The number of rotatable bonds is 4. The molecule has 0 radical (unpaired) electrons. The molecular formula is C17H25NO2. The van der Waals surface area contributed by atoms with Crippen LogP contribution in [0.2, 0.25) is 0 Å². The van der Waals surface area contributed by atoms with Crippen LogP contribution in [0.15, 0.2) is 18.2 Å². The van der Waals surface area contributed by atoms with Crippen LogP contribution in [0.25, 0.3) is 0 Å². The Hall–Kier alpha value is -1.35. The topological polar surface area (TPSA) is 40.5 Å². The Bertz CT molecular complexity index is 476. The second-order valence-corrected chi connectivity index (χ2v) is 6.11. The second kappa shape index (κ2) is 6.40. The van der Waals surface area contributed by atoms with Crippen molar-refractivity contribution in [3.05, 3.63) is 34.9 Å². The predicted octanol–water partition coefficient (Wildman–Crippen LogP) is 3.55. The van der Waals surface area contributed by atoms with Gasteiger partial charge >= 0.3 is 5.97 Å². The maximum absolute atomic E-state index is 10.8. The van der Waals surface area contributed by atoms with E-state index in [1.165, 1.54) is 16.7 Å². The van der Waals surface area contributed by atoms with Gasteiger partial charge in [0.25, 0.3) is 0 Å². The minimum Gasteiger partial charge on any atom is -0.481 e. The molecule has 0 saturated carbocycles. The number of carboxylic acids is 1. The molecule has 1 fully saturated rings. The van der Waals surface area contributed by atoms with Gasteiger partial charge in [-0.25, -0.2) is 0 Å². The molecule has 1 aromatic rings. The van der Waals surface area contributed by atoms with Crippen LogP contribution in [-0.2, 0) is 4.79 Å². The minimum absolute atomic E-state index is 0.325. The number of carboxylic acid groups (broad SMARTS) is 1. The van der Waals surface area contributed by atoms with E-state index in [0.717, 1.165) is 25.9 Å². The zero-order chi connectivity index (χ0) is 14.7. The van der Waals surface area contributed by atoms with E-state index in [1.807, 2.05) is 0 Å². The SMILES string of the molecule is Cc1ccc(C(C)N2CCC(CC(=O)O)CC2)c(C)c1. The van der Waals surface area contributed by atoms with Gasteiger partial charge in [-0.3, -0.25) is 9.69 Å². The molecule has 0 spiro atoms. The summed E-state index contributed by atoms with van der Waals surface area (Å²) in [5.41, 5.74) is 4.05. The Kier molecular flexibility index (Phi) is 4.81. The van der Waals surface area contributed by atoms with Crippen LogP contribution in [-0.4, -0.2) is 29.1 Å². The number of likely N-dealkylation sites (tertiary alicyclic amines) is 1. The van der Waals surface area contributed by atoms with Gasteiger partial charge in [-0.1, -0.05) is 23.8 Å². The van der Waals surface area contributed by atoms with Crippen LogP contribution in [0.3, 0.4) is 0 Å². The molecule has 110 valence electrons. The molecule has 0 bridgehead atoms. The predicted molar refractivity (Wildman–Crippen MR) is 80.9 cm³/mol. The molecule has 3 heteroatoms. The van der Waals surface area contributed by atoms with E-state index in [9.17, 15) is 4.79 Å². The van der Waals surface area contributed by atoms with Crippen molar-refractivity contribution in [3.8, 4) is 0 Å². The van der Waals surface area contributed by atoms with Crippen molar-refractivity contribution in [1.82, 2.24) is 4.90 Å². The van der Waals surface area contributed by atoms with Gasteiger partial charge in [-0.2, -0.15) is 0 Å². The smallest absolute Gasteiger partial charge is 0.303 e.